The Hall–Kier alpha value is -1.31. The molecule has 0 aromatic heterocycles. The van der Waals surface area contributed by atoms with Crippen LogP contribution in [0.2, 0.25) is 0 Å². The monoisotopic (exact) mass is 241 g/mol. The van der Waals surface area contributed by atoms with Crippen LogP contribution in [-0.4, -0.2) is 43.3 Å². The topological polar surface area (TPSA) is 58.6 Å². The Labute approximate surface area is 90.5 Å². The van der Waals surface area contributed by atoms with Crippen LogP contribution >= 0.6 is 0 Å². The number of hydroxylamine groups is 2. The minimum atomic E-state index is -4.98. The van der Waals surface area contributed by atoms with Gasteiger partial charge in [0, 0.05) is 19.5 Å². The molecule has 93 valence electrons. The Kier molecular flexibility index (Phi) is 5.22. The molecule has 0 saturated heterocycles. The summed E-state index contributed by atoms with van der Waals surface area (Å²) < 4.78 is 35.4. The second kappa shape index (κ2) is 5.69. The minimum Gasteiger partial charge on any atom is -0.345 e. The fraction of sp³-hybridized carbons (Fsp3) is 0.625. The van der Waals surface area contributed by atoms with Crippen molar-refractivity contribution >= 4 is 11.8 Å². The van der Waals surface area contributed by atoms with Crippen molar-refractivity contribution in [3.63, 3.8) is 0 Å². The number of hydrogen-bond donors (Lipinski definition) is 1. The molecular weight excluding hydrogens is 229 g/mol. The van der Waals surface area contributed by atoms with E-state index in [-0.39, 0.29) is 6.42 Å². The zero-order valence-electron chi connectivity index (χ0n) is 8.80. The van der Waals surface area contributed by atoms with E-state index in [1.807, 2.05) is 0 Å². The number of nitrogens with one attached hydrogen (secondary N) is 1. The van der Waals surface area contributed by atoms with Crippen LogP contribution in [0.5, 0.6) is 0 Å². The van der Waals surface area contributed by atoms with Crippen LogP contribution in [0, 0.1) is 6.92 Å². The summed E-state index contributed by atoms with van der Waals surface area (Å²) in [5.41, 5.74) is 0. The summed E-state index contributed by atoms with van der Waals surface area (Å²) in [5.74, 6) is -2.72. The van der Waals surface area contributed by atoms with Crippen LogP contribution in [0.4, 0.5) is 13.2 Å². The van der Waals surface area contributed by atoms with Crippen molar-refractivity contribution in [2.75, 3.05) is 14.2 Å². The zero-order chi connectivity index (χ0) is 12.9. The Morgan fingerprint density at radius 1 is 1.50 bits per heavy atom. The van der Waals surface area contributed by atoms with Crippen LogP contribution in [0.15, 0.2) is 0 Å². The average molecular weight is 241 g/mol. The van der Waals surface area contributed by atoms with Gasteiger partial charge in [-0.1, -0.05) is 0 Å². The van der Waals surface area contributed by atoms with E-state index in [1.54, 1.807) is 5.32 Å². The number of rotatable bonds is 4. The first-order valence-electron chi connectivity index (χ1n) is 4.20. The number of amides is 2. The first kappa shape index (κ1) is 14.7. The molecule has 5 nitrogen and oxygen atoms in total. The van der Waals surface area contributed by atoms with Gasteiger partial charge in [0.05, 0.1) is 7.11 Å². The molecule has 1 atom stereocenters. The van der Waals surface area contributed by atoms with Crippen LogP contribution in [0.1, 0.15) is 6.42 Å². The molecule has 0 aliphatic rings. The highest BCUT2D eigenvalue weighted by atomic mass is 19.4. The van der Waals surface area contributed by atoms with Gasteiger partial charge >= 0.3 is 12.1 Å². The molecular formula is C8H12F3N2O3. The van der Waals surface area contributed by atoms with Crippen molar-refractivity contribution in [1.29, 1.82) is 0 Å². The van der Waals surface area contributed by atoms with E-state index in [0.29, 0.717) is 0 Å². The molecule has 1 N–H and O–H groups in total. The summed E-state index contributed by atoms with van der Waals surface area (Å²) in [4.78, 5) is 26.1. The van der Waals surface area contributed by atoms with Crippen LogP contribution in [0.3, 0.4) is 0 Å². The van der Waals surface area contributed by atoms with Gasteiger partial charge in [-0.3, -0.25) is 14.4 Å². The van der Waals surface area contributed by atoms with Gasteiger partial charge in [0.2, 0.25) is 5.91 Å². The third kappa shape index (κ3) is 4.96. The fourth-order valence-corrected chi connectivity index (χ4v) is 0.759. The van der Waals surface area contributed by atoms with Crippen LogP contribution < -0.4 is 5.32 Å². The van der Waals surface area contributed by atoms with Crippen LogP contribution in [0.25, 0.3) is 0 Å². The van der Waals surface area contributed by atoms with E-state index in [0.717, 1.165) is 5.06 Å². The summed E-state index contributed by atoms with van der Waals surface area (Å²) in [6, 6.07) is -1.17. The molecule has 0 spiro atoms. The number of halogens is 3. The molecule has 0 rings (SSSR count). The highest BCUT2D eigenvalue weighted by Gasteiger charge is 2.39. The minimum absolute atomic E-state index is 0.383. The molecule has 0 unspecified atom stereocenters. The Bertz CT molecular complexity index is 268. The van der Waals surface area contributed by atoms with Gasteiger partial charge in [-0.25, -0.2) is 5.06 Å². The Morgan fingerprint density at radius 3 is 2.38 bits per heavy atom. The lowest BCUT2D eigenvalue weighted by Gasteiger charge is -2.18. The fourth-order valence-electron chi connectivity index (χ4n) is 0.759. The van der Waals surface area contributed by atoms with E-state index >= 15 is 0 Å². The van der Waals surface area contributed by atoms with Gasteiger partial charge in [0.15, 0.2) is 0 Å². The predicted molar refractivity (Wildman–Crippen MR) is 47.7 cm³/mol. The van der Waals surface area contributed by atoms with Crippen molar-refractivity contribution in [2.24, 2.45) is 0 Å². The molecule has 16 heavy (non-hydrogen) atoms. The highest BCUT2D eigenvalue weighted by molar-refractivity contribution is 5.83. The van der Waals surface area contributed by atoms with Crippen molar-refractivity contribution < 1.29 is 27.6 Å². The third-order valence-electron chi connectivity index (χ3n) is 1.64. The predicted octanol–water partition coefficient (Wildman–Crippen LogP) is 0.277. The zero-order valence-corrected chi connectivity index (χ0v) is 8.80. The molecule has 1 radical (unpaired) electrons. The standard InChI is InChI=1S/C8H12F3N2O3/c1-5(4-6(14)13(2)16-3)12-7(15)8(9,10)11/h5H,1,4H2,2-3H3,(H,12,15)/t5-/m1/s1. The maximum absolute atomic E-state index is 11.8. The van der Waals surface area contributed by atoms with Gasteiger partial charge in [0.25, 0.3) is 0 Å². The lowest BCUT2D eigenvalue weighted by atomic mass is 10.2. The molecule has 0 aliphatic heterocycles. The van der Waals surface area contributed by atoms with Crippen molar-refractivity contribution in [3.8, 4) is 0 Å². The maximum atomic E-state index is 11.8. The quantitative estimate of drug-likeness (QED) is 0.719. The van der Waals surface area contributed by atoms with Gasteiger partial charge in [-0.05, 0) is 6.92 Å². The molecule has 0 bridgehead atoms. The van der Waals surface area contributed by atoms with Crippen molar-refractivity contribution in [3.05, 3.63) is 6.92 Å². The molecule has 0 saturated carbocycles. The third-order valence-corrected chi connectivity index (χ3v) is 1.64. The van der Waals surface area contributed by atoms with E-state index in [9.17, 15) is 22.8 Å². The smallest absolute Gasteiger partial charge is 0.345 e. The van der Waals surface area contributed by atoms with Crippen molar-refractivity contribution in [2.45, 2.75) is 18.6 Å². The van der Waals surface area contributed by atoms with E-state index in [2.05, 4.69) is 11.8 Å². The van der Waals surface area contributed by atoms with Gasteiger partial charge in [0.1, 0.15) is 0 Å². The number of carbonyl (C=O) groups excluding carboxylic acids is 2. The van der Waals surface area contributed by atoms with Gasteiger partial charge < -0.3 is 5.32 Å². The second-order valence-electron chi connectivity index (χ2n) is 2.95. The highest BCUT2D eigenvalue weighted by Crippen LogP contribution is 2.14. The number of carbonyl (C=O) groups is 2. The maximum Gasteiger partial charge on any atom is 0.471 e. The van der Waals surface area contributed by atoms with Crippen molar-refractivity contribution in [1.82, 2.24) is 10.4 Å². The summed E-state index contributed by atoms with van der Waals surface area (Å²) in [7, 11) is 2.52. The summed E-state index contributed by atoms with van der Waals surface area (Å²) in [6.07, 6.45) is -5.36. The summed E-state index contributed by atoms with van der Waals surface area (Å²) in [5, 5.41) is 2.38. The summed E-state index contributed by atoms with van der Waals surface area (Å²) in [6.45, 7) is 3.21. The number of nitrogens with zero attached hydrogens (tertiary/aromatic N) is 1. The van der Waals surface area contributed by atoms with E-state index in [4.69, 9.17) is 0 Å². The lowest BCUT2D eigenvalue weighted by Crippen LogP contribution is -2.44. The SMILES string of the molecule is [CH2][C@H](CC(=O)N(C)OC)NC(=O)C(F)(F)F. The molecule has 2 amide bonds. The molecule has 0 aromatic rings. The van der Waals surface area contributed by atoms with E-state index < -0.39 is 24.0 Å². The Balaban J connectivity index is 4.14. The average Bonchev–Trinajstić information content (AvgIpc) is 2.14. The van der Waals surface area contributed by atoms with Gasteiger partial charge in [-0.15, -0.1) is 0 Å². The molecule has 0 aromatic carbocycles. The largest absolute Gasteiger partial charge is 0.471 e. The number of alkyl halides is 3. The second-order valence-corrected chi connectivity index (χ2v) is 2.95. The van der Waals surface area contributed by atoms with E-state index in [1.165, 1.54) is 14.2 Å². The molecule has 0 fully saturated rings. The van der Waals surface area contributed by atoms with Gasteiger partial charge in [-0.2, -0.15) is 13.2 Å². The van der Waals surface area contributed by atoms with Crippen LogP contribution in [-0.2, 0) is 14.4 Å². The first-order valence-corrected chi connectivity index (χ1v) is 4.20. The molecule has 0 heterocycles. The summed E-state index contributed by atoms with van der Waals surface area (Å²) >= 11 is 0. The normalized spacial score (nSPS) is 13.1. The molecule has 0 aliphatic carbocycles. The molecule has 8 heteroatoms. The first-order chi connectivity index (χ1) is 7.18. The Morgan fingerprint density at radius 2 is 2.00 bits per heavy atom. The lowest BCUT2D eigenvalue weighted by molar-refractivity contribution is -0.175. The number of hydrogen-bond acceptors (Lipinski definition) is 3.